The molecule has 0 aliphatic carbocycles. The summed E-state index contributed by atoms with van der Waals surface area (Å²) in [7, 11) is 1.91. The third-order valence-electron chi connectivity index (χ3n) is 4.47. The van der Waals surface area contributed by atoms with Crippen LogP contribution in [0.3, 0.4) is 0 Å². The number of nitrogens with one attached hydrogen (secondary N) is 2. The monoisotopic (exact) mass is 386 g/mol. The van der Waals surface area contributed by atoms with Gasteiger partial charge in [-0.2, -0.15) is 9.61 Å². The topological polar surface area (TPSA) is 80.8 Å². The Bertz CT molecular complexity index is 1040. The number of carbonyl (C=O) groups excluding carboxylic acids is 1. The van der Waals surface area contributed by atoms with Crippen LogP contribution in [-0.2, 0) is 17.8 Å². The molecule has 0 saturated heterocycles. The molecule has 1 amide bonds. The smallest absolute Gasteiger partial charge is 0.279 e. The maximum atomic E-state index is 12.4. The molecule has 0 saturated carbocycles. The molecule has 27 heavy (non-hydrogen) atoms. The lowest BCUT2D eigenvalue weighted by molar-refractivity contribution is -0.885. The summed E-state index contributed by atoms with van der Waals surface area (Å²) in [5.74, 6) is -0.0648. The average Bonchev–Trinajstić information content (AvgIpc) is 3.02. The second-order valence-corrected chi connectivity index (χ2v) is 7.78. The van der Waals surface area contributed by atoms with E-state index in [1.807, 2.05) is 46.0 Å². The van der Waals surface area contributed by atoms with Gasteiger partial charge in [0.1, 0.15) is 17.2 Å². The van der Waals surface area contributed by atoms with Crippen molar-refractivity contribution >= 4 is 27.9 Å². The van der Waals surface area contributed by atoms with Crippen LogP contribution in [0.25, 0.3) is 4.96 Å². The van der Waals surface area contributed by atoms with E-state index in [0.717, 1.165) is 33.1 Å². The van der Waals surface area contributed by atoms with Gasteiger partial charge in [-0.1, -0.05) is 30.4 Å². The number of nitrogens with zero attached hydrogens (tertiary/aromatic N) is 3. The molecule has 3 aromatic rings. The molecule has 8 heteroatoms. The van der Waals surface area contributed by atoms with Gasteiger partial charge in [0.2, 0.25) is 4.96 Å². The fourth-order valence-electron chi connectivity index (χ4n) is 2.86. The second kappa shape index (κ2) is 7.98. The van der Waals surface area contributed by atoms with Crippen molar-refractivity contribution in [3.05, 3.63) is 56.4 Å². The van der Waals surface area contributed by atoms with Gasteiger partial charge in [0.05, 0.1) is 7.05 Å². The number of aromatic nitrogens is 3. The summed E-state index contributed by atoms with van der Waals surface area (Å²) in [5, 5.41) is 8.10. The van der Waals surface area contributed by atoms with Gasteiger partial charge in [-0.25, -0.2) is 4.98 Å². The van der Waals surface area contributed by atoms with E-state index in [0.29, 0.717) is 17.2 Å². The number of benzene rings is 1. The Morgan fingerprint density at radius 1 is 1.33 bits per heavy atom. The quantitative estimate of drug-likeness (QED) is 0.662. The van der Waals surface area contributed by atoms with E-state index in [4.69, 9.17) is 0 Å². The van der Waals surface area contributed by atoms with E-state index in [9.17, 15) is 9.59 Å². The first-order chi connectivity index (χ1) is 12.9. The standard InChI is InChI=1S/C19H23N5O2S/c1-5-17-22-24-18(26)9-14(20-19(24)27-17)10-23(4)11-16(25)21-15-8-6-7-12(2)13(15)3/h6-9H,5,10-11H2,1-4H3,(H,21,25)/p+1. The SMILES string of the molecule is CCc1nn2c(=O)cc(C[NH+](C)CC(=O)Nc3cccc(C)c3C)nc2s1. The fraction of sp³-hybridized carbons (Fsp3) is 0.368. The van der Waals surface area contributed by atoms with Crippen molar-refractivity contribution < 1.29 is 9.69 Å². The Balaban J connectivity index is 1.67. The maximum absolute atomic E-state index is 12.4. The largest absolute Gasteiger partial charge is 0.325 e. The van der Waals surface area contributed by atoms with Gasteiger partial charge in [-0.15, -0.1) is 0 Å². The zero-order chi connectivity index (χ0) is 19.6. The first kappa shape index (κ1) is 19.2. The van der Waals surface area contributed by atoms with Crippen molar-refractivity contribution in [2.75, 3.05) is 18.9 Å². The highest BCUT2D eigenvalue weighted by molar-refractivity contribution is 7.16. The van der Waals surface area contributed by atoms with Crippen LogP contribution >= 0.6 is 11.3 Å². The predicted molar refractivity (Wildman–Crippen MR) is 107 cm³/mol. The first-order valence-corrected chi connectivity index (χ1v) is 9.75. The molecule has 2 N–H and O–H groups in total. The van der Waals surface area contributed by atoms with E-state index >= 15 is 0 Å². The number of hydrogen-bond acceptors (Lipinski definition) is 5. The summed E-state index contributed by atoms with van der Waals surface area (Å²) in [6, 6.07) is 7.35. The van der Waals surface area contributed by atoms with E-state index < -0.39 is 0 Å². The predicted octanol–water partition coefficient (Wildman–Crippen LogP) is 0.984. The molecule has 1 unspecified atom stereocenters. The minimum absolute atomic E-state index is 0.0648. The first-order valence-electron chi connectivity index (χ1n) is 8.93. The van der Waals surface area contributed by atoms with E-state index in [1.165, 1.54) is 21.9 Å². The van der Waals surface area contributed by atoms with Gasteiger partial charge < -0.3 is 10.2 Å². The van der Waals surface area contributed by atoms with Crippen molar-refractivity contribution in [3.63, 3.8) is 0 Å². The lowest BCUT2D eigenvalue weighted by Gasteiger charge is -2.14. The number of likely N-dealkylation sites (N-methyl/N-ethyl adjacent to an activating group) is 1. The van der Waals surface area contributed by atoms with Crippen LogP contribution in [0.4, 0.5) is 5.69 Å². The van der Waals surface area contributed by atoms with Crippen LogP contribution in [0.1, 0.15) is 28.8 Å². The summed E-state index contributed by atoms with van der Waals surface area (Å²) in [6.07, 6.45) is 0.770. The molecule has 0 aliphatic heterocycles. The molecule has 1 aromatic carbocycles. The minimum atomic E-state index is -0.182. The van der Waals surface area contributed by atoms with Gasteiger partial charge in [0, 0.05) is 11.8 Å². The van der Waals surface area contributed by atoms with Crippen molar-refractivity contribution in [2.24, 2.45) is 0 Å². The number of anilines is 1. The average molecular weight is 387 g/mol. The van der Waals surface area contributed by atoms with Gasteiger partial charge in [-0.05, 0) is 37.5 Å². The van der Waals surface area contributed by atoms with Crippen LogP contribution in [0.15, 0.2) is 29.1 Å². The maximum Gasteiger partial charge on any atom is 0.279 e. The van der Waals surface area contributed by atoms with Crippen LogP contribution < -0.4 is 15.8 Å². The van der Waals surface area contributed by atoms with Crippen molar-refractivity contribution in [3.8, 4) is 0 Å². The van der Waals surface area contributed by atoms with Gasteiger partial charge in [0.15, 0.2) is 6.54 Å². The number of hydrogen-bond donors (Lipinski definition) is 2. The highest BCUT2D eigenvalue weighted by Crippen LogP contribution is 2.17. The molecule has 7 nitrogen and oxygen atoms in total. The van der Waals surface area contributed by atoms with Gasteiger partial charge in [0.25, 0.3) is 11.5 Å². The highest BCUT2D eigenvalue weighted by atomic mass is 32.1. The Morgan fingerprint density at radius 3 is 2.85 bits per heavy atom. The second-order valence-electron chi connectivity index (χ2n) is 6.74. The summed E-state index contributed by atoms with van der Waals surface area (Å²) in [6.45, 7) is 6.79. The highest BCUT2D eigenvalue weighted by Gasteiger charge is 2.15. The van der Waals surface area contributed by atoms with Gasteiger partial charge >= 0.3 is 0 Å². The molecular formula is C19H24N5O2S+. The Kier molecular flexibility index (Phi) is 5.67. The Hall–Kier alpha value is -2.58. The molecule has 0 aliphatic rings. The van der Waals surface area contributed by atoms with Crippen LogP contribution in [0.5, 0.6) is 0 Å². The van der Waals surface area contributed by atoms with Gasteiger partial charge in [-0.3, -0.25) is 9.59 Å². The third-order valence-corrected chi connectivity index (χ3v) is 5.52. The molecule has 0 spiro atoms. The fourth-order valence-corrected chi connectivity index (χ4v) is 3.71. The molecule has 142 valence electrons. The van der Waals surface area contributed by atoms with Crippen LogP contribution in [0.2, 0.25) is 0 Å². The van der Waals surface area contributed by atoms with Crippen molar-refractivity contribution in [1.29, 1.82) is 0 Å². The number of carbonyl (C=O) groups is 1. The summed E-state index contributed by atoms with van der Waals surface area (Å²) in [4.78, 5) is 30.7. The molecular weight excluding hydrogens is 362 g/mol. The summed E-state index contributed by atoms with van der Waals surface area (Å²) < 4.78 is 1.34. The number of fused-ring (bicyclic) bond motifs is 1. The minimum Gasteiger partial charge on any atom is -0.325 e. The van der Waals surface area contributed by atoms with Crippen LogP contribution in [0, 0.1) is 13.8 Å². The summed E-state index contributed by atoms with van der Waals surface area (Å²) in [5.41, 5.74) is 3.53. The molecule has 2 aromatic heterocycles. The number of amides is 1. The molecule has 3 rings (SSSR count). The summed E-state index contributed by atoms with van der Waals surface area (Å²) >= 11 is 1.42. The van der Waals surface area contributed by atoms with Crippen molar-refractivity contribution in [1.82, 2.24) is 14.6 Å². The van der Waals surface area contributed by atoms with Crippen LogP contribution in [-0.4, -0.2) is 34.1 Å². The molecule has 0 radical (unpaired) electrons. The normalized spacial score (nSPS) is 12.3. The zero-order valence-electron chi connectivity index (χ0n) is 16.0. The van der Waals surface area contributed by atoms with E-state index in [-0.39, 0.29) is 18.0 Å². The molecule has 2 heterocycles. The Labute approximate surface area is 161 Å². The lowest BCUT2D eigenvalue weighted by Crippen LogP contribution is -3.08. The van der Waals surface area contributed by atoms with Crippen molar-refractivity contribution in [2.45, 2.75) is 33.7 Å². The number of rotatable bonds is 6. The molecule has 0 fully saturated rings. The number of aryl methyl sites for hydroxylation is 2. The molecule has 0 bridgehead atoms. The zero-order valence-corrected chi connectivity index (χ0v) is 16.8. The molecule has 1 atom stereocenters. The number of quaternary nitrogens is 1. The Morgan fingerprint density at radius 2 is 2.11 bits per heavy atom. The van der Waals surface area contributed by atoms with E-state index in [2.05, 4.69) is 15.4 Å². The lowest BCUT2D eigenvalue weighted by atomic mass is 10.1. The van der Waals surface area contributed by atoms with E-state index in [1.54, 1.807) is 0 Å². The third kappa shape index (κ3) is 4.40.